The summed E-state index contributed by atoms with van der Waals surface area (Å²) < 4.78 is 0. The van der Waals surface area contributed by atoms with Gasteiger partial charge in [0.1, 0.15) is 0 Å². The van der Waals surface area contributed by atoms with Crippen LogP contribution in [0, 0.1) is 12.3 Å². The standard InChI is InChI=1S/C7H12N2O/c1-2-6-9-7(10)4-3-5-8/h1H,3-6,8H2,(H,9,10). The van der Waals surface area contributed by atoms with Gasteiger partial charge in [-0.2, -0.15) is 0 Å². The Hall–Kier alpha value is -1.01. The molecule has 0 atom stereocenters. The minimum absolute atomic E-state index is 0.0246. The summed E-state index contributed by atoms with van der Waals surface area (Å²) in [5.41, 5.74) is 5.19. The van der Waals surface area contributed by atoms with Crippen LogP contribution in [0.25, 0.3) is 0 Å². The zero-order valence-corrected chi connectivity index (χ0v) is 5.89. The molecule has 3 N–H and O–H groups in total. The van der Waals surface area contributed by atoms with Gasteiger partial charge in [-0.3, -0.25) is 4.79 Å². The zero-order chi connectivity index (χ0) is 7.82. The van der Waals surface area contributed by atoms with Crippen molar-refractivity contribution in [2.45, 2.75) is 12.8 Å². The Bertz CT molecular complexity index is 137. The van der Waals surface area contributed by atoms with Gasteiger partial charge >= 0.3 is 0 Å². The number of hydrogen-bond donors (Lipinski definition) is 2. The lowest BCUT2D eigenvalue weighted by atomic mass is 10.3. The molecule has 0 spiro atoms. The third-order valence-corrected chi connectivity index (χ3v) is 0.996. The quantitative estimate of drug-likeness (QED) is 0.516. The van der Waals surface area contributed by atoms with Crippen LogP contribution in [0.5, 0.6) is 0 Å². The van der Waals surface area contributed by atoms with Crippen LogP contribution in [0.2, 0.25) is 0 Å². The van der Waals surface area contributed by atoms with Crippen LogP contribution in [0.4, 0.5) is 0 Å². The van der Waals surface area contributed by atoms with Gasteiger partial charge < -0.3 is 11.1 Å². The number of carbonyl (C=O) groups excluding carboxylic acids is 1. The molecule has 0 saturated carbocycles. The maximum atomic E-state index is 10.7. The van der Waals surface area contributed by atoms with Crippen molar-refractivity contribution in [3.8, 4) is 12.3 Å². The fourth-order valence-corrected chi connectivity index (χ4v) is 0.501. The van der Waals surface area contributed by atoms with Crippen molar-refractivity contribution in [1.29, 1.82) is 0 Å². The van der Waals surface area contributed by atoms with Gasteiger partial charge in [-0.25, -0.2) is 0 Å². The summed E-state index contributed by atoms with van der Waals surface area (Å²) in [5.74, 6) is 2.29. The zero-order valence-electron chi connectivity index (χ0n) is 5.89. The molecule has 0 aliphatic carbocycles. The molecular weight excluding hydrogens is 128 g/mol. The summed E-state index contributed by atoms with van der Waals surface area (Å²) in [6.45, 7) is 0.854. The number of hydrogen-bond acceptors (Lipinski definition) is 2. The fourth-order valence-electron chi connectivity index (χ4n) is 0.501. The first kappa shape index (κ1) is 8.99. The van der Waals surface area contributed by atoms with Crippen LogP contribution < -0.4 is 11.1 Å². The van der Waals surface area contributed by atoms with Crippen molar-refractivity contribution in [3.63, 3.8) is 0 Å². The number of rotatable bonds is 4. The summed E-state index contributed by atoms with van der Waals surface area (Å²) in [7, 11) is 0. The minimum atomic E-state index is -0.0246. The van der Waals surface area contributed by atoms with Crippen LogP contribution in [-0.4, -0.2) is 19.0 Å². The van der Waals surface area contributed by atoms with Crippen molar-refractivity contribution in [3.05, 3.63) is 0 Å². The lowest BCUT2D eigenvalue weighted by Gasteiger charge is -1.97. The highest BCUT2D eigenvalue weighted by molar-refractivity contribution is 5.76. The molecule has 0 saturated heterocycles. The third kappa shape index (κ3) is 5.13. The lowest BCUT2D eigenvalue weighted by molar-refractivity contribution is -0.120. The van der Waals surface area contributed by atoms with Gasteiger partial charge in [0.25, 0.3) is 0 Å². The first-order valence-electron chi connectivity index (χ1n) is 3.21. The van der Waals surface area contributed by atoms with Gasteiger partial charge in [-0.15, -0.1) is 6.42 Å². The van der Waals surface area contributed by atoms with Gasteiger partial charge in [0, 0.05) is 6.42 Å². The molecule has 0 radical (unpaired) electrons. The summed E-state index contributed by atoms with van der Waals surface area (Å²) >= 11 is 0. The molecule has 56 valence electrons. The van der Waals surface area contributed by atoms with E-state index in [1.165, 1.54) is 0 Å². The molecular formula is C7H12N2O. The van der Waals surface area contributed by atoms with Crippen molar-refractivity contribution in [2.75, 3.05) is 13.1 Å². The Labute approximate surface area is 61.0 Å². The topological polar surface area (TPSA) is 55.1 Å². The van der Waals surface area contributed by atoms with E-state index < -0.39 is 0 Å². The summed E-state index contributed by atoms with van der Waals surface area (Å²) in [6.07, 6.45) is 6.11. The number of terminal acetylenes is 1. The highest BCUT2D eigenvalue weighted by atomic mass is 16.1. The Morgan fingerprint density at radius 1 is 1.70 bits per heavy atom. The predicted molar refractivity (Wildman–Crippen MR) is 40.1 cm³/mol. The summed E-state index contributed by atoms with van der Waals surface area (Å²) in [4.78, 5) is 10.7. The van der Waals surface area contributed by atoms with Gasteiger partial charge in [0.15, 0.2) is 0 Å². The second-order valence-electron chi connectivity index (χ2n) is 1.87. The van der Waals surface area contributed by atoms with E-state index in [9.17, 15) is 4.79 Å². The molecule has 0 aliphatic heterocycles. The second-order valence-corrected chi connectivity index (χ2v) is 1.87. The molecule has 0 rings (SSSR count). The van der Waals surface area contributed by atoms with Gasteiger partial charge in [0.2, 0.25) is 5.91 Å². The average molecular weight is 140 g/mol. The van der Waals surface area contributed by atoms with E-state index in [0.29, 0.717) is 19.5 Å². The maximum absolute atomic E-state index is 10.7. The van der Waals surface area contributed by atoms with Crippen LogP contribution in [0.3, 0.4) is 0 Å². The number of nitrogens with one attached hydrogen (secondary N) is 1. The predicted octanol–water partition coefficient (Wildman–Crippen LogP) is -0.525. The van der Waals surface area contributed by atoms with Gasteiger partial charge in [0.05, 0.1) is 6.54 Å². The van der Waals surface area contributed by atoms with Crippen LogP contribution in [0.15, 0.2) is 0 Å². The van der Waals surface area contributed by atoms with Crippen molar-refractivity contribution < 1.29 is 4.79 Å². The van der Waals surface area contributed by atoms with E-state index in [-0.39, 0.29) is 5.91 Å². The van der Waals surface area contributed by atoms with E-state index in [2.05, 4.69) is 11.2 Å². The normalized spacial score (nSPS) is 8.40. The Morgan fingerprint density at radius 3 is 2.90 bits per heavy atom. The van der Waals surface area contributed by atoms with Crippen molar-refractivity contribution in [2.24, 2.45) is 5.73 Å². The van der Waals surface area contributed by atoms with E-state index in [1.54, 1.807) is 0 Å². The molecule has 0 unspecified atom stereocenters. The van der Waals surface area contributed by atoms with Gasteiger partial charge in [-0.1, -0.05) is 5.92 Å². The molecule has 0 aliphatic rings. The largest absolute Gasteiger partial charge is 0.345 e. The Morgan fingerprint density at radius 2 is 2.40 bits per heavy atom. The van der Waals surface area contributed by atoms with E-state index in [4.69, 9.17) is 12.2 Å². The molecule has 0 fully saturated rings. The summed E-state index contributed by atoms with van der Waals surface area (Å²) in [6, 6.07) is 0. The Kier molecular flexibility index (Phi) is 5.50. The van der Waals surface area contributed by atoms with Crippen molar-refractivity contribution in [1.82, 2.24) is 5.32 Å². The molecule has 10 heavy (non-hydrogen) atoms. The molecule has 3 heteroatoms. The van der Waals surface area contributed by atoms with Crippen molar-refractivity contribution >= 4 is 5.91 Å². The van der Waals surface area contributed by atoms with E-state index >= 15 is 0 Å². The highest BCUT2D eigenvalue weighted by Crippen LogP contribution is 1.83. The second kappa shape index (κ2) is 6.12. The third-order valence-electron chi connectivity index (χ3n) is 0.996. The first-order valence-corrected chi connectivity index (χ1v) is 3.21. The molecule has 0 aromatic heterocycles. The number of nitrogens with two attached hydrogens (primary N) is 1. The van der Waals surface area contributed by atoms with Gasteiger partial charge in [-0.05, 0) is 13.0 Å². The monoisotopic (exact) mass is 140 g/mol. The molecule has 0 aromatic carbocycles. The smallest absolute Gasteiger partial charge is 0.220 e. The maximum Gasteiger partial charge on any atom is 0.220 e. The van der Waals surface area contributed by atoms with E-state index in [1.807, 2.05) is 0 Å². The average Bonchev–Trinajstić information content (AvgIpc) is 1.97. The molecule has 1 amide bonds. The minimum Gasteiger partial charge on any atom is -0.345 e. The van der Waals surface area contributed by atoms with Crippen LogP contribution >= 0.6 is 0 Å². The lowest BCUT2D eigenvalue weighted by Crippen LogP contribution is -2.23. The first-order chi connectivity index (χ1) is 4.81. The highest BCUT2D eigenvalue weighted by Gasteiger charge is 1.95. The molecule has 3 nitrogen and oxygen atoms in total. The molecule has 0 bridgehead atoms. The number of amides is 1. The molecule has 0 heterocycles. The number of carbonyl (C=O) groups is 1. The van der Waals surface area contributed by atoms with E-state index in [0.717, 1.165) is 6.42 Å². The Balaban J connectivity index is 3.19. The SMILES string of the molecule is C#CCNC(=O)CCCN. The van der Waals surface area contributed by atoms with Crippen LogP contribution in [-0.2, 0) is 4.79 Å². The fraction of sp³-hybridized carbons (Fsp3) is 0.571. The summed E-state index contributed by atoms with van der Waals surface area (Å²) in [5, 5.41) is 2.54. The van der Waals surface area contributed by atoms with Crippen LogP contribution in [0.1, 0.15) is 12.8 Å². The molecule has 0 aromatic rings.